The zero-order valence-corrected chi connectivity index (χ0v) is 13.0. The van der Waals surface area contributed by atoms with Crippen molar-refractivity contribution >= 4 is 11.8 Å². The van der Waals surface area contributed by atoms with Gasteiger partial charge in [-0.1, -0.05) is 0 Å². The average molecular weight is 308 g/mol. The third kappa shape index (κ3) is 4.17. The van der Waals surface area contributed by atoms with Crippen molar-refractivity contribution in [3.63, 3.8) is 0 Å². The number of hydrogen-bond acceptors (Lipinski definition) is 5. The van der Waals surface area contributed by atoms with Gasteiger partial charge in [-0.25, -0.2) is 4.79 Å². The van der Waals surface area contributed by atoms with Crippen LogP contribution in [0.5, 0.6) is 0 Å². The Labute approximate surface area is 128 Å². The molecule has 1 saturated heterocycles. The first-order chi connectivity index (χ1) is 10.2. The molecule has 1 N–H and O–H groups in total. The van der Waals surface area contributed by atoms with Crippen LogP contribution in [-0.2, 0) is 9.47 Å². The van der Waals surface area contributed by atoms with E-state index in [2.05, 4.69) is 5.32 Å². The van der Waals surface area contributed by atoms with E-state index in [0.717, 1.165) is 5.56 Å². The quantitative estimate of drug-likeness (QED) is 0.524. The van der Waals surface area contributed by atoms with E-state index in [4.69, 9.17) is 9.47 Å². The molecule has 1 aromatic rings. The van der Waals surface area contributed by atoms with Crippen molar-refractivity contribution in [2.45, 2.75) is 51.5 Å². The molecule has 0 radical (unpaired) electrons. The van der Waals surface area contributed by atoms with E-state index >= 15 is 0 Å². The number of nitrogens with one attached hydrogen (secondary N) is 1. The topological polar surface area (TPSA) is 94.0 Å². The van der Waals surface area contributed by atoms with E-state index in [0.29, 0.717) is 0 Å². The minimum Gasteiger partial charge on any atom is -0.444 e. The zero-order valence-electron chi connectivity index (χ0n) is 13.0. The fourth-order valence-corrected chi connectivity index (χ4v) is 2.13. The number of epoxide rings is 1. The number of nitrogens with zero attached hydrogens (tertiary/aromatic N) is 1. The Bertz CT molecular complexity index is 564. The van der Waals surface area contributed by atoms with Crippen molar-refractivity contribution in [3.8, 4) is 0 Å². The van der Waals surface area contributed by atoms with Gasteiger partial charge in [0.2, 0.25) is 0 Å². The summed E-state index contributed by atoms with van der Waals surface area (Å²) >= 11 is 0. The van der Waals surface area contributed by atoms with Crippen LogP contribution in [0.15, 0.2) is 24.3 Å². The number of carbonyl (C=O) groups excluding carboxylic acids is 1. The lowest BCUT2D eigenvalue weighted by atomic mass is 10.1. The fraction of sp³-hybridized carbons (Fsp3) is 0.533. The van der Waals surface area contributed by atoms with Crippen LogP contribution in [0.1, 0.15) is 39.4 Å². The number of amides is 1. The van der Waals surface area contributed by atoms with Crippen molar-refractivity contribution in [2.75, 3.05) is 0 Å². The van der Waals surface area contributed by atoms with E-state index in [-0.39, 0.29) is 23.9 Å². The van der Waals surface area contributed by atoms with Crippen LogP contribution in [0.4, 0.5) is 10.5 Å². The van der Waals surface area contributed by atoms with Gasteiger partial charge in [0.1, 0.15) is 17.8 Å². The normalized spacial score (nSPS) is 21.8. The van der Waals surface area contributed by atoms with Crippen LogP contribution in [0.25, 0.3) is 0 Å². The molecular formula is C15H20N2O5. The first-order valence-corrected chi connectivity index (χ1v) is 7.07. The standard InChI is InChI=1S/C15H20N2O5/c1-9(16-14(18)22-15(2,3)4)12-13(21-12)10-5-7-11(8-6-10)17(19)20/h5-9,12-13H,1-4H3,(H,16,18)/t9-,12+,13?/m0/s1. The van der Waals surface area contributed by atoms with Gasteiger partial charge in [0, 0.05) is 12.1 Å². The number of nitro benzene ring substituents is 1. The number of non-ortho nitro benzene ring substituents is 1. The summed E-state index contributed by atoms with van der Waals surface area (Å²) in [7, 11) is 0. The van der Waals surface area contributed by atoms with Crippen LogP contribution < -0.4 is 5.32 Å². The van der Waals surface area contributed by atoms with E-state index in [1.165, 1.54) is 12.1 Å². The summed E-state index contributed by atoms with van der Waals surface area (Å²) in [4.78, 5) is 21.9. The summed E-state index contributed by atoms with van der Waals surface area (Å²) in [5.41, 5.74) is 0.348. The van der Waals surface area contributed by atoms with Gasteiger partial charge < -0.3 is 14.8 Å². The molecule has 0 aromatic heterocycles. The van der Waals surface area contributed by atoms with Gasteiger partial charge in [-0.15, -0.1) is 0 Å². The maximum atomic E-state index is 11.7. The van der Waals surface area contributed by atoms with Crippen LogP contribution in [-0.4, -0.2) is 28.8 Å². The highest BCUT2D eigenvalue weighted by atomic mass is 16.6. The van der Waals surface area contributed by atoms with Crippen LogP contribution in [0.3, 0.4) is 0 Å². The summed E-state index contributed by atoms with van der Waals surface area (Å²) in [5, 5.41) is 13.4. The molecule has 1 heterocycles. The Morgan fingerprint density at radius 2 is 1.95 bits per heavy atom. The molecule has 0 aliphatic carbocycles. The highest BCUT2D eigenvalue weighted by Crippen LogP contribution is 2.41. The highest BCUT2D eigenvalue weighted by molar-refractivity contribution is 5.68. The summed E-state index contributed by atoms with van der Waals surface area (Å²) in [5.74, 6) is 0. The monoisotopic (exact) mass is 308 g/mol. The number of benzene rings is 1. The number of ether oxygens (including phenoxy) is 2. The number of carbonyl (C=O) groups is 1. The van der Waals surface area contributed by atoms with Gasteiger partial charge in [-0.05, 0) is 45.4 Å². The van der Waals surface area contributed by atoms with Crippen molar-refractivity contribution < 1.29 is 19.2 Å². The fourth-order valence-electron chi connectivity index (χ4n) is 2.13. The smallest absolute Gasteiger partial charge is 0.407 e. The molecule has 3 atom stereocenters. The molecule has 1 amide bonds. The van der Waals surface area contributed by atoms with E-state index in [1.807, 2.05) is 6.92 Å². The average Bonchev–Trinajstić information content (AvgIpc) is 3.16. The second-order valence-corrected chi connectivity index (χ2v) is 6.30. The Kier molecular flexibility index (Phi) is 4.37. The number of alkyl carbamates (subject to hydrolysis) is 1. The SMILES string of the molecule is C[C@H](NC(=O)OC(C)(C)C)[C@H]1OC1c1ccc([N+](=O)[O-])cc1. The van der Waals surface area contributed by atoms with Crippen LogP contribution in [0.2, 0.25) is 0 Å². The first kappa shape index (κ1) is 16.2. The lowest BCUT2D eigenvalue weighted by Crippen LogP contribution is -2.40. The van der Waals surface area contributed by atoms with Gasteiger partial charge in [-0.2, -0.15) is 0 Å². The zero-order chi connectivity index (χ0) is 16.5. The lowest BCUT2D eigenvalue weighted by molar-refractivity contribution is -0.384. The second kappa shape index (κ2) is 5.92. The number of rotatable bonds is 4. The molecule has 0 saturated carbocycles. The maximum Gasteiger partial charge on any atom is 0.407 e. The Morgan fingerprint density at radius 1 is 1.36 bits per heavy atom. The Balaban J connectivity index is 1.88. The predicted octanol–water partition coefficient (Wildman–Crippen LogP) is 2.95. The summed E-state index contributed by atoms with van der Waals surface area (Å²) < 4.78 is 10.7. The van der Waals surface area contributed by atoms with Crippen LogP contribution in [0, 0.1) is 10.1 Å². The molecule has 1 aromatic carbocycles. The molecule has 1 unspecified atom stereocenters. The number of nitro groups is 1. The summed E-state index contributed by atoms with van der Waals surface area (Å²) in [6.45, 7) is 7.22. The molecule has 1 aliphatic heterocycles. The van der Waals surface area contributed by atoms with Gasteiger partial charge in [0.05, 0.1) is 11.0 Å². The Morgan fingerprint density at radius 3 is 2.45 bits per heavy atom. The molecule has 120 valence electrons. The van der Waals surface area contributed by atoms with Crippen molar-refractivity contribution in [1.29, 1.82) is 0 Å². The Hall–Kier alpha value is -2.15. The van der Waals surface area contributed by atoms with E-state index < -0.39 is 16.6 Å². The minimum atomic E-state index is -0.550. The second-order valence-electron chi connectivity index (χ2n) is 6.30. The molecule has 7 nitrogen and oxygen atoms in total. The van der Waals surface area contributed by atoms with Crippen molar-refractivity contribution in [2.24, 2.45) is 0 Å². The van der Waals surface area contributed by atoms with Crippen molar-refractivity contribution in [1.82, 2.24) is 5.32 Å². The van der Waals surface area contributed by atoms with Gasteiger partial charge in [0.25, 0.3) is 5.69 Å². The maximum absolute atomic E-state index is 11.7. The molecule has 0 bridgehead atoms. The summed E-state index contributed by atoms with van der Waals surface area (Å²) in [6, 6.07) is 6.02. The van der Waals surface area contributed by atoms with E-state index in [1.54, 1.807) is 32.9 Å². The number of hydrogen-bond donors (Lipinski definition) is 1. The van der Waals surface area contributed by atoms with Gasteiger partial charge in [-0.3, -0.25) is 10.1 Å². The van der Waals surface area contributed by atoms with Crippen LogP contribution >= 0.6 is 0 Å². The first-order valence-electron chi connectivity index (χ1n) is 7.07. The molecular weight excluding hydrogens is 288 g/mol. The molecule has 1 aliphatic rings. The lowest BCUT2D eigenvalue weighted by Gasteiger charge is -2.21. The minimum absolute atomic E-state index is 0.0425. The third-order valence-electron chi connectivity index (χ3n) is 3.20. The largest absolute Gasteiger partial charge is 0.444 e. The highest BCUT2D eigenvalue weighted by Gasteiger charge is 2.45. The molecule has 0 spiro atoms. The molecule has 22 heavy (non-hydrogen) atoms. The third-order valence-corrected chi connectivity index (χ3v) is 3.20. The molecule has 7 heteroatoms. The van der Waals surface area contributed by atoms with Crippen molar-refractivity contribution in [3.05, 3.63) is 39.9 Å². The summed E-state index contributed by atoms with van der Waals surface area (Å²) in [6.07, 6.45) is -0.808. The molecule has 1 fully saturated rings. The predicted molar refractivity (Wildman–Crippen MR) is 79.5 cm³/mol. The van der Waals surface area contributed by atoms with Gasteiger partial charge in [0.15, 0.2) is 0 Å². The van der Waals surface area contributed by atoms with E-state index in [9.17, 15) is 14.9 Å². The molecule has 2 rings (SSSR count). The van der Waals surface area contributed by atoms with Gasteiger partial charge >= 0.3 is 6.09 Å².